The predicted octanol–water partition coefficient (Wildman–Crippen LogP) is 1.02. The van der Waals surface area contributed by atoms with Gasteiger partial charge in [0.25, 0.3) is 5.91 Å². The van der Waals surface area contributed by atoms with Crippen molar-refractivity contribution >= 4 is 17.8 Å². The maximum atomic E-state index is 12.9. The second kappa shape index (κ2) is 11.0. The summed E-state index contributed by atoms with van der Waals surface area (Å²) in [5.41, 5.74) is 0.486. The molecule has 0 saturated carbocycles. The van der Waals surface area contributed by atoms with E-state index in [4.69, 9.17) is 9.47 Å². The lowest BCUT2D eigenvalue weighted by atomic mass is 10.1. The van der Waals surface area contributed by atoms with E-state index in [9.17, 15) is 14.4 Å². The van der Waals surface area contributed by atoms with Gasteiger partial charge in [0.05, 0.1) is 20.8 Å². The smallest absolute Gasteiger partial charge is 0.343 e. The molecule has 9 nitrogen and oxygen atoms in total. The molecule has 0 N–H and O–H groups in total. The van der Waals surface area contributed by atoms with Crippen LogP contribution < -0.4 is 9.47 Å². The third-order valence-corrected chi connectivity index (χ3v) is 5.71. The van der Waals surface area contributed by atoms with Crippen LogP contribution in [-0.2, 0) is 14.3 Å². The number of rotatable bonds is 7. The van der Waals surface area contributed by atoms with Gasteiger partial charge in [0.15, 0.2) is 18.1 Å². The number of carbonyl (C=O) groups excluding carboxylic acids is 3. The first-order valence-corrected chi connectivity index (χ1v) is 10.7. The largest absolute Gasteiger partial charge is 0.493 e. The minimum Gasteiger partial charge on any atom is -0.493 e. The van der Waals surface area contributed by atoms with Gasteiger partial charge in [-0.15, -0.1) is 0 Å². The van der Waals surface area contributed by atoms with Crippen molar-refractivity contribution < 1.29 is 28.6 Å². The molecule has 0 bridgehead atoms. The normalized spacial score (nSPS) is 17.2. The molecule has 2 aliphatic heterocycles. The van der Waals surface area contributed by atoms with Gasteiger partial charge in [-0.3, -0.25) is 14.5 Å². The Bertz CT molecular complexity index is 785. The highest BCUT2D eigenvalue weighted by Crippen LogP contribution is 2.28. The fourth-order valence-corrected chi connectivity index (χ4v) is 3.84. The molecule has 2 saturated heterocycles. The van der Waals surface area contributed by atoms with E-state index in [0.717, 1.165) is 25.9 Å². The zero-order valence-electron chi connectivity index (χ0n) is 18.3. The molecule has 170 valence electrons. The Morgan fingerprint density at radius 1 is 0.871 bits per heavy atom. The first-order valence-electron chi connectivity index (χ1n) is 10.7. The standard InChI is InChI=1S/C22H31N3O6/c1-29-19-14-17(6-7-18(19)31-16-21(27)30-2)22(28)25-12-10-23(11-13-25)15-20(26)24-8-4-3-5-9-24/h6-7,14H,3-5,8-13,15-16H2,1-2H3. The van der Waals surface area contributed by atoms with Gasteiger partial charge >= 0.3 is 5.97 Å². The highest BCUT2D eigenvalue weighted by Gasteiger charge is 2.26. The van der Waals surface area contributed by atoms with Gasteiger partial charge in [0, 0.05) is 44.8 Å². The molecule has 1 aromatic rings. The summed E-state index contributed by atoms with van der Waals surface area (Å²) in [7, 11) is 2.76. The summed E-state index contributed by atoms with van der Waals surface area (Å²) in [6, 6.07) is 4.88. The van der Waals surface area contributed by atoms with Crippen molar-refractivity contribution in [1.29, 1.82) is 0 Å². The van der Waals surface area contributed by atoms with Crippen LogP contribution in [-0.4, -0.2) is 99.1 Å². The van der Waals surface area contributed by atoms with Crippen LogP contribution in [0, 0.1) is 0 Å². The van der Waals surface area contributed by atoms with Crippen molar-refractivity contribution in [2.45, 2.75) is 19.3 Å². The number of nitrogens with zero attached hydrogens (tertiary/aromatic N) is 3. The zero-order chi connectivity index (χ0) is 22.2. The molecular formula is C22H31N3O6. The quantitative estimate of drug-likeness (QED) is 0.593. The molecule has 2 amide bonds. The third-order valence-electron chi connectivity index (χ3n) is 5.71. The Hall–Kier alpha value is -2.81. The Morgan fingerprint density at radius 3 is 2.23 bits per heavy atom. The van der Waals surface area contributed by atoms with E-state index in [1.165, 1.54) is 20.6 Å². The van der Waals surface area contributed by atoms with Crippen molar-refractivity contribution in [2.75, 3.05) is 66.6 Å². The van der Waals surface area contributed by atoms with Gasteiger partial charge in [-0.2, -0.15) is 0 Å². The van der Waals surface area contributed by atoms with Crippen molar-refractivity contribution in [3.8, 4) is 11.5 Å². The molecule has 2 fully saturated rings. The number of carbonyl (C=O) groups is 3. The summed E-state index contributed by atoms with van der Waals surface area (Å²) in [4.78, 5) is 42.5. The molecular weight excluding hydrogens is 402 g/mol. The molecule has 2 heterocycles. The van der Waals surface area contributed by atoms with E-state index in [-0.39, 0.29) is 18.4 Å². The molecule has 3 rings (SSSR count). The molecule has 0 radical (unpaired) electrons. The SMILES string of the molecule is COC(=O)COc1ccc(C(=O)N2CCN(CC(=O)N3CCCCC3)CC2)cc1OC. The Labute approximate surface area is 182 Å². The van der Waals surface area contributed by atoms with Gasteiger partial charge in [-0.05, 0) is 37.5 Å². The summed E-state index contributed by atoms with van der Waals surface area (Å²) in [6.07, 6.45) is 3.38. The Kier molecular flexibility index (Phi) is 8.11. The molecule has 0 aromatic heterocycles. The van der Waals surface area contributed by atoms with Gasteiger partial charge < -0.3 is 24.0 Å². The molecule has 31 heavy (non-hydrogen) atoms. The summed E-state index contributed by atoms with van der Waals surface area (Å²) in [5, 5.41) is 0. The number of piperazine rings is 1. The lowest BCUT2D eigenvalue weighted by Gasteiger charge is -2.36. The van der Waals surface area contributed by atoms with E-state index >= 15 is 0 Å². The number of piperidine rings is 1. The highest BCUT2D eigenvalue weighted by molar-refractivity contribution is 5.95. The van der Waals surface area contributed by atoms with Crippen molar-refractivity contribution in [3.63, 3.8) is 0 Å². The second-order valence-corrected chi connectivity index (χ2v) is 7.74. The number of likely N-dealkylation sites (tertiary alicyclic amines) is 1. The number of methoxy groups -OCH3 is 2. The fraction of sp³-hybridized carbons (Fsp3) is 0.591. The second-order valence-electron chi connectivity index (χ2n) is 7.74. The molecule has 2 aliphatic rings. The topological polar surface area (TPSA) is 88.6 Å². The van der Waals surface area contributed by atoms with E-state index in [2.05, 4.69) is 9.64 Å². The van der Waals surface area contributed by atoms with Crippen LogP contribution in [0.5, 0.6) is 11.5 Å². The van der Waals surface area contributed by atoms with Crippen LogP contribution in [0.1, 0.15) is 29.6 Å². The van der Waals surface area contributed by atoms with Gasteiger partial charge in [-0.25, -0.2) is 4.79 Å². The van der Waals surface area contributed by atoms with Crippen LogP contribution in [0.15, 0.2) is 18.2 Å². The number of hydrogen-bond donors (Lipinski definition) is 0. The van der Waals surface area contributed by atoms with Crippen LogP contribution >= 0.6 is 0 Å². The van der Waals surface area contributed by atoms with Crippen LogP contribution in [0.25, 0.3) is 0 Å². The lowest BCUT2D eigenvalue weighted by Crippen LogP contribution is -2.52. The van der Waals surface area contributed by atoms with Crippen molar-refractivity contribution in [3.05, 3.63) is 23.8 Å². The molecule has 0 aliphatic carbocycles. The minimum atomic E-state index is -0.501. The summed E-state index contributed by atoms with van der Waals surface area (Å²) >= 11 is 0. The minimum absolute atomic E-state index is 0.0974. The zero-order valence-corrected chi connectivity index (χ0v) is 18.3. The lowest BCUT2D eigenvalue weighted by molar-refractivity contribution is -0.143. The summed E-state index contributed by atoms with van der Waals surface area (Å²) < 4.78 is 15.3. The Morgan fingerprint density at radius 2 is 1.58 bits per heavy atom. The monoisotopic (exact) mass is 433 g/mol. The number of esters is 1. The predicted molar refractivity (Wildman–Crippen MR) is 113 cm³/mol. The maximum Gasteiger partial charge on any atom is 0.343 e. The average molecular weight is 434 g/mol. The number of hydrogen-bond acceptors (Lipinski definition) is 7. The fourth-order valence-electron chi connectivity index (χ4n) is 3.84. The number of ether oxygens (including phenoxy) is 3. The summed E-state index contributed by atoms with van der Waals surface area (Å²) in [6.45, 7) is 4.37. The maximum absolute atomic E-state index is 12.9. The van der Waals surface area contributed by atoms with E-state index in [1.807, 2.05) is 4.90 Å². The van der Waals surface area contributed by atoms with E-state index in [1.54, 1.807) is 23.1 Å². The molecule has 0 unspecified atom stereocenters. The van der Waals surface area contributed by atoms with Gasteiger partial charge in [0.1, 0.15) is 0 Å². The van der Waals surface area contributed by atoms with Crippen LogP contribution in [0.4, 0.5) is 0 Å². The molecule has 9 heteroatoms. The molecule has 1 aromatic carbocycles. The van der Waals surface area contributed by atoms with Gasteiger partial charge in [-0.1, -0.05) is 0 Å². The van der Waals surface area contributed by atoms with Gasteiger partial charge in [0.2, 0.25) is 5.91 Å². The molecule has 0 spiro atoms. The highest BCUT2D eigenvalue weighted by atomic mass is 16.6. The number of amides is 2. The van der Waals surface area contributed by atoms with Crippen molar-refractivity contribution in [1.82, 2.24) is 14.7 Å². The first-order chi connectivity index (χ1) is 15.0. The van der Waals surface area contributed by atoms with E-state index in [0.29, 0.717) is 49.8 Å². The van der Waals surface area contributed by atoms with Crippen LogP contribution in [0.2, 0.25) is 0 Å². The van der Waals surface area contributed by atoms with E-state index < -0.39 is 5.97 Å². The third kappa shape index (κ3) is 6.10. The van der Waals surface area contributed by atoms with Crippen LogP contribution in [0.3, 0.4) is 0 Å². The summed E-state index contributed by atoms with van der Waals surface area (Å²) in [5.74, 6) is 0.330. The average Bonchev–Trinajstić information content (AvgIpc) is 2.82. The van der Waals surface area contributed by atoms with Crippen molar-refractivity contribution in [2.24, 2.45) is 0 Å². The molecule has 0 atom stereocenters. The number of benzene rings is 1. The Balaban J connectivity index is 1.52. The first kappa shape index (κ1) is 22.9.